The first-order valence-corrected chi connectivity index (χ1v) is 5.44. The molecule has 0 unspecified atom stereocenters. The topological polar surface area (TPSA) is 87.7 Å². The molecule has 1 rings (SSSR count). The molecule has 0 radical (unpaired) electrons. The van der Waals surface area contributed by atoms with Crippen LogP contribution in [0.4, 0.5) is 0 Å². The van der Waals surface area contributed by atoms with Crippen molar-refractivity contribution in [3.05, 3.63) is 24.3 Å². The van der Waals surface area contributed by atoms with Gasteiger partial charge in [0.2, 0.25) is 0 Å². The summed E-state index contributed by atoms with van der Waals surface area (Å²) in [5, 5.41) is 12.3. The lowest BCUT2D eigenvalue weighted by atomic mass is 10.3. The number of carboxylic acids is 1. The van der Waals surface area contributed by atoms with Gasteiger partial charge >= 0.3 is 0 Å². The molecule has 0 bridgehead atoms. The van der Waals surface area contributed by atoms with Crippen LogP contribution in [-0.2, 0) is 9.59 Å². The molecule has 18 heavy (non-hydrogen) atoms. The zero-order valence-corrected chi connectivity index (χ0v) is 9.97. The summed E-state index contributed by atoms with van der Waals surface area (Å²) >= 11 is 0. The summed E-state index contributed by atoms with van der Waals surface area (Å²) in [7, 11) is 0. The standard InChI is InChI=1S/C12H15NO5/c1-2-17-9-5-3-4-6-10(9)18-8-11(14)13-7-12(15)16/h3-6H,2,7-8H2,1H3,(H,13,14)(H,15,16)/p-1. The first-order chi connectivity index (χ1) is 8.63. The molecule has 6 heteroatoms. The van der Waals surface area contributed by atoms with Crippen LogP contribution in [-0.4, -0.2) is 31.6 Å². The van der Waals surface area contributed by atoms with Crippen LogP contribution in [0.25, 0.3) is 0 Å². The minimum Gasteiger partial charge on any atom is -0.548 e. The van der Waals surface area contributed by atoms with Crippen molar-refractivity contribution in [1.82, 2.24) is 5.32 Å². The summed E-state index contributed by atoms with van der Waals surface area (Å²) in [6, 6.07) is 6.92. The number of carbonyl (C=O) groups is 2. The monoisotopic (exact) mass is 252 g/mol. The number of carbonyl (C=O) groups excluding carboxylic acids is 2. The first-order valence-electron chi connectivity index (χ1n) is 5.44. The van der Waals surface area contributed by atoms with E-state index in [-0.39, 0.29) is 6.61 Å². The van der Waals surface area contributed by atoms with Crippen molar-refractivity contribution in [2.75, 3.05) is 19.8 Å². The van der Waals surface area contributed by atoms with Crippen molar-refractivity contribution in [1.29, 1.82) is 0 Å². The molecule has 0 atom stereocenters. The fourth-order valence-electron chi connectivity index (χ4n) is 1.21. The summed E-state index contributed by atoms with van der Waals surface area (Å²) in [4.78, 5) is 21.4. The molecule has 98 valence electrons. The van der Waals surface area contributed by atoms with Crippen molar-refractivity contribution < 1.29 is 24.2 Å². The molecule has 0 heterocycles. The molecule has 1 N–H and O–H groups in total. The van der Waals surface area contributed by atoms with Gasteiger partial charge in [-0.05, 0) is 19.1 Å². The highest BCUT2D eigenvalue weighted by Gasteiger charge is 2.06. The minimum absolute atomic E-state index is 0.280. The maximum atomic E-state index is 11.2. The second-order valence-corrected chi connectivity index (χ2v) is 3.32. The number of carboxylic acid groups (broad SMARTS) is 1. The van der Waals surface area contributed by atoms with Gasteiger partial charge in [-0.15, -0.1) is 0 Å². The number of nitrogens with one attached hydrogen (secondary N) is 1. The SMILES string of the molecule is CCOc1ccccc1OCC(=O)NCC(=O)[O-]. The molecule has 0 fully saturated rings. The Morgan fingerprint density at radius 1 is 1.22 bits per heavy atom. The molecule has 0 aromatic heterocycles. The van der Waals surface area contributed by atoms with E-state index in [1.54, 1.807) is 24.3 Å². The second-order valence-electron chi connectivity index (χ2n) is 3.32. The number of para-hydroxylation sites is 2. The van der Waals surface area contributed by atoms with Gasteiger partial charge in [-0.3, -0.25) is 4.79 Å². The summed E-state index contributed by atoms with van der Waals surface area (Å²) in [5.41, 5.74) is 0. The number of rotatable bonds is 7. The van der Waals surface area contributed by atoms with Gasteiger partial charge in [0.25, 0.3) is 5.91 Å². The second kappa shape index (κ2) is 7.16. The van der Waals surface area contributed by atoms with Crippen molar-refractivity contribution >= 4 is 11.9 Å². The van der Waals surface area contributed by atoms with E-state index in [0.717, 1.165) is 0 Å². The van der Waals surface area contributed by atoms with E-state index in [2.05, 4.69) is 5.32 Å². The van der Waals surface area contributed by atoms with Gasteiger partial charge in [0.15, 0.2) is 18.1 Å². The van der Waals surface area contributed by atoms with E-state index in [0.29, 0.717) is 18.1 Å². The first kappa shape index (κ1) is 13.8. The van der Waals surface area contributed by atoms with Crippen molar-refractivity contribution in [3.63, 3.8) is 0 Å². The predicted molar refractivity (Wildman–Crippen MR) is 61.1 cm³/mol. The third-order valence-electron chi connectivity index (χ3n) is 1.94. The van der Waals surface area contributed by atoms with Crippen LogP contribution in [0.5, 0.6) is 11.5 Å². The maximum absolute atomic E-state index is 11.2. The molecule has 0 aliphatic heterocycles. The number of benzene rings is 1. The van der Waals surface area contributed by atoms with Gasteiger partial charge < -0.3 is 24.7 Å². The Morgan fingerprint density at radius 2 is 1.83 bits per heavy atom. The Hall–Kier alpha value is -2.24. The average Bonchev–Trinajstić information content (AvgIpc) is 2.35. The number of hydrogen-bond donors (Lipinski definition) is 1. The third kappa shape index (κ3) is 4.73. The highest BCUT2D eigenvalue weighted by Crippen LogP contribution is 2.25. The zero-order chi connectivity index (χ0) is 13.4. The minimum atomic E-state index is -1.35. The van der Waals surface area contributed by atoms with E-state index in [1.165, 1.54) is 0 Å². The molecular formula is C12H14NO5-. The number of amides is 1. The maximum Gasteiger partial charge on any atom is 0.258 e. The Morgan fingerprint density at radius 3 is 2.39 bits per heavy atom. The molecule has 0 spiro atoms. The van der Waals surface area contributed by atoms with E-state index in [4.69, 9.17) is 9.47 Å². The van der Waals surface area contributed by atoms with Crippen molar-refractivity contribution in [2.45, 2.75) is 6.92 Å². The average molecular weight is 252 g/mol. The fraction of sp³-hybridized carbons (Fsp3) is 0.333. The van der Waals surface area contributed by atoms with E-state index < -0.39 is 18.4 Å². The van der Waals surface area contributed by atoms with Crippen LogP contribution in [0, 0.1) is 0 Å². The van der Waals surface area contributed by atoms with Crippen LogP contribution in [0.15, 0.2) is 24.3 Å². The smallest absolute Gasteiger partial charge is 0.258 e. The molecule has 0 aliphatic rings. The molecule has 1 aromatic carbocycles. The zero-order valence-electron chi connectivity index (χ0n) is 9.97. The van der Waals surface area contributed by atoms with Gasteiger partial charge in [-0.2, -0.15) is 0 Å². The lowest BCUT2D eigenvalue weighted by molar-refractivity contribution is -0.304. The summed E-state index contributed by atoms with van der Waals surface area (Å²) in [6.45, 7) is 1.51. The molecule has 0 saturated heterocycles. The summed E-state index contributed by atoms with van der Waals surface area (Å²) < 4.78 is 10.5. The highest BCUT2D eigenvalue weighted by atomic mass is 16.5. The number of aliphatic carboxylic acids is 1. The Labute approximate surface area is 105 Å². The highest BCUT2D eigenvalue weighted by molar-refractivity contribution is 5.81. The molecule has 0 aliphatic carbocycles. The quantitative estimate of drug-likeness (QED) is 0.695. The largest absolute Gasteiger partial charge is 0.548 e. The van der Waals surface area contributed by atoms with Gasteiger partial charge in [0, 0.05) is 0 Å². The Balaban J connectivity index is 2.47. The van der Waals surface area contributed by atoms with Crippen LogP contribution >= 0.6 is 0 Å². The van der Waals surface area contributed by atoms with E-state index in [1.807, 2.05) is 6.92 Å². The summed E-state index contributed by atoms with van der Waals surface area (Å²) in [5.74, 6) is -0.917. The van der Waals surface area contributed by atoms with Crippen molar-refractivity contribution in [2.24, 2.45) is 0 Å². The molecule has 6 nitrogen and oxygen atoms in total. The molecule has 0 saturated carbocycles. The third-order valence-corrected chi connectivity index (χ3v) is 1.94. The fourth-order valence-corrected chi connectivity index (χ4v) is 1.21. The van der Waals surface area contributed by atoms with Crippen molar-refractivity contribution in [3.8, 4) is 11.5 Å². The van der Waals surface area contributed by atoms with Crippen LogP contribution in [0.2, 0.25) is 0 Å². The Bertz CT molecular complexity index is 419. The number of ether oxygens (including phenoxy) is 2. The van der Waals surface area contributed by atoms with Gasteiger partial charge in [0.1, 0.15) is 0 Å². The van der Waals surface area contributed by atoms with Crippen LogP contribution in [0.1, 0.15) is 6.92 Å². The lowest BCUT2D eigenvalue weighted by Gasteiger charge is -2.11. The van der Waals surface area contributed by atoms with E-state index >= 15 is 0 Å². The normalized spacial score (nSPS) is 9.61. The molecule has 1 amide bonds. The molecular weight excluding hydrogens is 238 g/mol. The predicted octanol–water partition coefficient (Wildman–Crippen LogP) is -0.670. The van der Waals surface area contributed by atoms with Gasteiger partial charge in [-0.25, -0.2) is 0 Å². The van der Waals surface area contributed by atoms with E-state index in [9.17, 15) is 14.7 Å². The number of hydrogen-bond acceptors (Lipinski definition) is 5. The van der Waals surface area contributed by atoms with Crippen LogP contribution in [0.3, 0.4) is 0 Å². The Kier molecular flexibility index (Phi) is 5.50. The van der Waals surface area contributed by atoms with Gasteiger partial charge in [-0.1, -0.05) is 12.1 Å². The summed E-state index contributed by atoms with van der Waals surface area (Å²) in [6.07, 6.45) is 0. The van der Waals surface area contributed by atoms with Gasteiger partial charge in [0.05, 0.1) is 19.1 Å². The lowest BCUT2D eigenvalue weighted by Crippen LogP contribution is -2.39. The van der Waals surface area contributed by atoms with Crippen LogP contribution < -0.4 is 19.9 Å². The molecule has 1 aromatic rings.